The minimum absolute atomic E-state index is 0.210. The first-order valence-corrected chi connectivity index (χ1v) is 9.16. The number of para-hydroxylation sites is 2. The van der Waals surface area contributed by atoms with Crippen LogP contribution in [0.4, 0.5) is 0 Å². The van der Waals surface area contributed by atoms with Crippen molar-refractivity contribution < 1.29 is 24.2 Å². The summed E-state index contributed by atoms with van der Waals surface area (Å²) in [4.78, 5) is 22.8. The molecule has 0 aliphatic heterocycles. The Hall–Kier alpha value is -4.13. The molecule has 0 aliphatic rings. The van der Waals surface area contributed by atoms with Crippen LogP contribution in [0.5, 0.6) is 11.5 Å². The van der Waals surface area contributed by atoms with Crippen LogP contribution >= 0.6 is 0 Å². The Bertz CT molecular complexity index is 1030. The largest absolute Gasteiger partial charge is 0.483 e. The van der Waals surface area contributed by atoms with Crippen LogP contribution in [0, 0.1) is 0 Å². The molecular weight excluding hydrogens is 384 g/mol. The van der Waals surface area contributed by atoms with Crippen LogP contribution in [0.3, 0.4) is 0 Å². The average Bonchev–Trinajstić information content (AvgIpc) is 2.78. The number of carbonyl (C=O) groups is 2. The molecule has 0 spiro atoms. The maximum atomic E-state index is 12.1. The number of hydrogen-bond donors (Lipinski definition) is 2. The van der Waals surface area contributed by atoms with Gasteiger partial charge in [0.15, 0.2) is 13.2 Å². The quantitative estimate of drug-likeness (QED) is 0.421. The molecule has 152 valence electrons. The number of benzene rings is 3. The maximum absolute atomic E-state index is 12.1. The lowest BCUT2D eigenvalue weighted by molar-refractivity contribution is -0.139. The summed E-state index contributed by atoms with van der Waals surface area (Å²) in [6.45, 7) is -0.676. The van der Waals surface area contributed by atoms with Gasteiger partial charge in [-0.25, -0.2) is 10.2 Å². The number of ether oxygens (including phenoxy) is 2. The minimum atomic E-state index is -1.08. The third-order valence-corrected chi connectivity index (χ3v) is 3.99. The van der Waals surface area contributed by atoms with Crippen molar-refractivity contribution in [2.24, 2.45) is 5.10 Å². The van der Waals surface area contributed by atoms with Crippen molar-refractivity contribution in [2.75, 3.05) is 13.2 Å². The predicted octanol–water partition coefficient (Wildman–Crippen LogP) is 3.35. The van der Waals surface area contributed by atoms with Gasteiger partial charge in [-0.1, -0.05) is 60.7 Å². The number of aliphatic carboxylic acids is 1. The van der Waals surface area contributed by atoms with E-state index in [9.17, 15) is 9.59 Å². The van der Waals surface area contributed by atoms with E-state index in [0.717, 1.165) is 11.1 Å². The summed E-state index contributed by atoms with van der Waals surface area (Å²) in [7, 11) is 0. The van der Waals surface area contributed by atoms with Crippen molar-refractivity contribution in [3.63, 3.8) is 0 Å². The number of hydrazone groups is 1. The second kappa shape index (κ2) is 10.4. The lowest BCUT2D eigenvalue weighted by atomic mass is 10.1. The zero-order chi connectivity index (χ0) is 21.2. The summed E-state index contributed by atoms with van der Waals surface area (Å²) in [5, 5.41) is 12.6. The number of nitrogens with zero attached hydrogens (tertiary/aromatic N) is 1. The van der Waals surface area contributed by atoms with E-state index in [1.807, 2.05) is 48.5 Å². The SMILES string of the molecule is O=C(O)COc1ccccc1C=NNC(=O)COc1ccccc1-c1ccccc1. The fourth-order valence-electron chi connectivity index (χ4n) is 2.66. The number of hydrogen-bond acceptors (Lipinski definition) is 5. The molecule has 0 aliphatic carbocycles. The van der Waals surface area contributed by atoms with Gasteiger partial charge in [0.25, 0.3) is 5.91 Å². The lowest BCUT2D eigenvalue weighted by Gasteiger charge is -2.11. The molecule has 0 saturated heterocycles. The van der Waals surface area contributed by atoms with Gasteiger partial charge in [-0.3, -0.25) is 4.79 Å². The topological polar surface area (TPSA) is 97.2 Å². The zero-order valence-corrected chi connectivity index (χ0v) is 16.0. The standard InChI is InChI=1S/C23H20N2O5/c26-22(25-24-14-18-10-4-6-12-20(18)30-16-23(27)28)15-29-21-13-7-5-11-19(21)17-8-2-1-3-9-17/h1-14H,15-16H2,(H,25,26)(H,27,28). The normalized spacial score (nSPS) is 10.5. The maximum Gasteiger partial charge on any atom is 0.341 e. The Morgan fingerprint density at radius 1 is 0.833 bits per heavy atom. The fraction of sp³-hybridized carbons (Fsp3) is 0.0870. The Kier molecular flexibility index (Phi) is 7.16. The average molecular weight is 404 g/mol. The molecule has 3 rings (SSSR count). The van der Waals surface area contributed by atoms with E-state index in [1.54, 1.807) is 30.3 Å². The van der Waals surface area contributed by atoms with Crippen molar-refractivity contribution in [1.82, 2.24) is 5.43 Å². The molecule has 7 nitrogen and oxygen atoms in total. The Morgan fingerprint density at radius 2 is 1.47 bits per heavy atom. The molecule has 0 saturated carbocycles. The summed E-state index contributed by atoms with van der Waals surface area (Å²) < 4.78 is 10.9. The number of nitrogens with one attached hydrogen (secondary N) is 1. The van der Waals surface area contributed by atoms with E-state index >= 15 is 0 Å². The molecule has 0 radical (unpaired) electrons. The van der Waals surface area contributed by atoms with Crippen LogP contribution in [0.15, 0.2) is 84.0 Å². The van der Waals surface area contributed by atoms with Crippen molar-refractivity contribution in [3.05, 3.63) is 84.4 Å². The first-order valence-electron chi connectivity index (χ1n) is 9.16. The number of carboxylic acid groups (broad SMARTS) is 1. The van der Waals surface area contributed by atoms with Gasteiger partial charge in [-0.05, 0) is 23.8 Å². The molecule has 0 bridgehead atoms. The molecular formula is C23H20N2O5. The highest BCUT2D eigenvalue weighted by molar-refractivity contribution is 5.85. The number of rotatable bonds is 9. The summed E-state index contributed by atoms with van der Waals surface area (Å²) in [6, 6.07) is 24.0. The Labute approximate surface area is 173 Å². The highest BCUT2D eigenvalue weighted by Crippen LogP contribution is 2.29. The molecule has 0 aromatic heterocycles. The van der Waals surface area contributed by atoms with E-state index in [-0.39, 0.29) is 6.61 Å². The summed E-state index contributed by atoms with van der Waals surface area (Å²) in [6.07, 6.45) is 1.38. The van der Waals surface area contributed by atoms with Crippen molar-refractivity contribution in [2.45, 2.75) is 0 Å². The first kappa shape index (κ1) is 20.6. The summed E-state index contributed by atoms with van der Waals surface area (Å²) in [5.74, 6) is -0.567. The van der Waals surface area contributed by atoms with Crippen LogP contribution in [0.25, 0.3) is 11.1 Å². The van der Waals surface area contributed by atoms with E-state index in [2.05, 4.69) is 10.5 Å². The first-order chi connectivity index (χ1) is 14.6. The molecule has 2 N–H and O–H groups in total. The van der Waals surface area contributed by atoms with E-state index < -0.39 is 18.5 Å². The van der Waals surface area contributed by atoms with Gasteiger partial charge in [0.2, 0.25) is 0 Å². The van der Waals surface area contributed by atoms with Gasteiger partial charge >= 0.3 is 5.97 Å². The Morgan fingerprint density at radius 3 is 2.23 bits per heavy atom. The number of carboxylic acids is 1. The van der Waals surface area contributed by atoms with Crippen LogP contribution in [-0.4, -0.2) is 36.4 Å². The third kappa shape index (κ3) is 5.93. The van der Waals surface area contributed by atoms with E-state index in [1.165, 1.54) is 6.21 Å². The lowest BCUT2D eigenvalue weighted by Crippen LogP contribution is -2.24. The van der Waals surface area contributed by atoms with Crippen molar-refractivity contribution >= 4 is 18.1 Å². The molecule has 0 fully saturated rings. The van der Waals surface area contributed by atoms with Crippen LogP contribution in [-0.2, 0) is 9.59 Å². The highest BCUT2D eigenvalue weighted by atomic mass is 16.5. The van der Waals surface area contributed by atoms with Gasteiger partial charge in [0.05, 0.1) is 6.21 Å². The van der Waals surface area contributed by atoms with Gasteiger partial charge in [-0.2, -0.15) is 5.10 Å². The molecule has 0 atom stereocenters. The minimum Gasteiger partial charge on any atom is -0.483 e. The molecule has 30 heavy (non-hydrogen) atoms. The Balaban J connectivity index is 1.57. The van der Waals surface area contributed by atoms with Crippen LogP contribution in [0.1, 0.15) is 5.56 Å². The molecule has 0 unspecified atom stereocenters. The molecule has 0 heterocycles. The van der Waals surface area contributed by atoms with Gasteiger partial charge < -0.3 is 14.6 Å². The monoisotopic (exact) mass is 404 g/mol. The van der Waals surface area contributed by atoms with Crippen molar-refractivity contribution in [3.8, 4) is 22.6 Å². The van der Waals surface area contributed by atoms with Crippen LogP contribution < -0.4 is 14.9 Å². The summed E-state index contributed by atoms with van der Waals surface area (Å²) >= 11 is 0. The third-order valence-electron chi connectivity index (χ3n) is 3.99. The molecule has 3 aromatic rings. The van der Waals surface area contributed by atoms with Crippen molar-refractivity contribution in [1.29, 1.82) is 0 Å². The predicted molar refractivity (Wildman–Crippen MR) is 113 cm³/mol. The zero-order valence-electron chi connectivity index (χ0n) is 16.0. The van der Waals surface area contributed by atoms with Gasteiger partial charge in [0.1, 0.15) is 11.5 Å². The summed E-state index contributed by atoms with van der Waals surface area (Å²) in [5.41, 5.74) is 4.80. The molecule has 1 amide bonds. The smallest absolute Gasteiger partial charge is 0.341 e. The van der Waals surface area contributed by atoms with E-state index in [4.69, 9.17) is 14.6 Å². The highest BCUT2D eigenvalue weighted by Gasteiger charge is 2.08. The second-order valence-electron chi connectivity index (χ2n) is 6.16. The van der Waals surface area contributed by atoms with Crippen LogP contribution in [0.2, 0.25) is 0 Å². The number of carbonyl (C=O) groups excluding carboxylic acids is 1. The fourth-order valence-corrected chi connectivity index (χ4v) is 2.66. The number of amides is 1. The van der Waals surface area contributed by atoms with Gasteiger partial charge in [0, 0.05) is 11.1 Å². The molecule has 3 aromatic carbocycles. The molecule has 7 heteroatoms. The van der Waals surface area contributed by atoms with Gasteiger partial charge in [-0.15, -0.1) is 0 Å². The van der Waals surface area contributed by atoms with E-state index in [0.29, 0.717) is 17.1 Å². The second-order valence-corrected chi connectivity index (χ2v) is 6.16.